The number of nitrogens with zero attached hydrogens (tertiary/aromatic N) is 3. The Bertz CT molecular complexity index is 834. The number of aromatic nitrogens is 3. The maximum atomic E-state index is 13.8. The molecule has 0 radical (unpaired) electrons. The molecular weight excluding hydrogens is 359 g/mol. The first-order chi connectivity index (χ1) is 11.2. The van der Waals surface area contributed by atoms with Crippen LogP contribution in [0.5, 0.6) is 0 Å². The lowest BCUT2D eigenvalue weighted by molar-refractivity contribution is 0.492. The van der Waals surface area contributed by atoms with Crippen LogP contribution in [-0.2, 0) is 0 Å². The monoisotopic (exact) mass is 374 g/mol. The zero-order chi connectivity index (χ0) is 15.8. The summed E-state index contributed by atoms with van der Waals surface area (Å²) in [4.78, 5) is 14.5. The number of pyridine rings is 1. The van der Waals surface area contributed by atoms with Crippen LogP contribution in [-0.4, -0.2) is 28.0 Å². The molecule has 118 valence electrons. The van der Waals surface area contributed by atoms with Crippen molar-refractivity contribution >= 4 is 32.7 Å². The predicted molar refractivity (Wildman–Crippen MR) is 92.2 cm³/mol. The van der Waals surface area contributed by atoms with Crippen molar-refractivity contribution in [3.05, 3.63) is 52.8 Å². The third-order valence-corrected chi connectivity index (χ3v) is 4.98. The van der Waals surface area contributed by atoms with Gasteiger partial charge in [-0.15, -0.1) is 0 Å². The molecule has 0 spiro atoms. The summed E-state index contributed by atoms with van der Waals surface area (Å²) in [5.74, 6) is 2.04. The maximum Gasteiger partial charge on any atom is 0.139 e. The Morgan fingerprint density at radius 2 is 2.22 bits per heavy atom. The first-order valence-electron chi connectivity index (χ1n) is 7.71. The Morgan fingerprint density at radius 3 is 3.04 bits per heavy atom. The summed E-state index contributed by atoms with van der Waals surface area (Å²) in [6.45, 7) is 1.85. The molecule has 1 aromatic carbocycles. The van der Waals surface area contributed by atoms with Crippen LogP contribution < -0.4 is 4.90 Å². The topological polar surface area (TPSA) is 44.8 Å². The van der Waals surface area contributed by atoms with Gasteiger partial charge in [-0.05, 0) is 47.0 Å². The summed E-state index contributed by atoms with van der Waals surface area (Å²) in [5.41, 5.74) is 0.684. The number of hydrogen-bond acceptors (Lipinski definition) is 3. The second-order valence-corrected chi connectivity index (χ2v) is 6.74. The Labute approximate surface area is 141 Å². The van der Waals surface area contributed by atoms with E-state index in [2.05, 4.69) is 35.8 Å². The molecule has 1 aliphatic rings. The van der Waals surface area contributed by atoms with Crippen LogP contribution in [0.2, 0.25) is 0 Å². The molecule has 1 fully saturated rings. The highest BCUT2D eigenvalue weighted by molar-refractivity contribution is 9.10. The van der Waals surface area contributed by atoms with E-state index in [0.29, 0.717) is 15.9 Å². The quantitative estimate of drug-likeness (QED) is 0.729. The minimum absolute atomic E-state index is 0.283. The van der Waals surface area contributed by atoms with Crippen molar-refractivity contribution in [3.63, 3.8) is 0 Å². The number of anilines is 1. The van der Waals surface area contributed by atoms with Crippen LogP contribution in [0.25, 0.3) is 10.9 Å². The van der Waals surface area contributed by atoms with Crippen molar-refractivity contribution in [2.75, 3.05) is 18.0 Å². The number of aromatic amines is 1. The highest BCUT2D eigenvalue weighted by Gasteiger charge is 2.24. The third kappa shape index (κ3) is 2.83. The van der Waals surface area contributed by atoms with Crippen LogP contribution in [0.1, 0.15) is 24.6 Å². The molecule has 1 saturated heterocycles. The van der Waals surface area contributed by atoms with Crippen molar-refractivity contribution in [2.45, 2.75) is 18.8 Å². The van der Waals surface area contributed by atoms with E-state index in [4.69, 9.17) is 0 Å². The van der Waals surface area contributed by atoms with Gasteiger partial charge in [0.2, 0.25) is 0 Å². The van der Waals surface area contributed by atoms with Crippen molar-refractivity contribution in [2.24, 2.45) is 0 Å². The molecule has 1 atom stereocenters. The molecule has 1 aliphatic heterocycles. The number of H-pyrrole nitrogens is 1. The van der Waals surface area contributed by atoms with E-state index in [1.807, 2.05) is 18.3 Å². The summed E-state index contributed by atoms with van der Waals surface area (Å²) >= 11 is 3.22. The minimum Gasteiger partial charge on any atom is -0.356 e. The molecule has 1 N–H and O–H groups in total. The first kappa shape index (κ1) is 14.6. The number of nitrogens with one attached hydrogen (secondary N) is 1. The van der Waals surface area contributed by atoms with Crippen molar-refractivity contribution in [1.82, 2.24) is 15.0 Å². The van der Waals surface area contributed by atoms with Crippen molar-refractivity contribution in [3.8, 4) is 0 Å². The fraction of sp³-hybridized carbons (Fsp3) is 0.294. The van der Waals surface area contributed by atoms with Crippen LogP contribution >= 0.6 is 15.9 Å². The van der Waals surface area contributed by atoms with Crippen LogP contribution in [0, 0.1) is 5.82 Å². The molecule has 1 unspecified atom stereocenters. The van der Waals surface area contributed by atoms with E-state index >= 15 is 0 Å². The van der Waals surface area contributed by atoms with Gasteiger partial charge in [-0.3, -0.25) is 0 Å². The number of hydrogen-bond donors (Lipinski definition) is 1. The molecule has 4 nitrogen and oxygen atoms in total. The van der Waals surface area contributed by atoms with Crippen molar-refractivity contribution < 1.29 is 4.39 Å². The highest BCUT2D eigenvalue weighted by atomic mass is 79.9. The van der Waals surface area contributed by atoms with Gasteiger partial charge < -0.3 is 9.88 Å². The standard InChI is InChI=1S/C17H16BrFN4/c18-13-8-11-3-4-16(22-15(11)9-14(13)19)23-7-1-2-12(10-23)17-20-5-6-21-17/h3-6,8-9,12H,1-2,7,10H2,(H,20,21). The Hall–Kier alpha value is -1.95. The largest absolute Gasteiger partial charge is 0.356 e. The van der Waals surface area contributed by atoms with Gasteiger partial charge >= 0.3 is 0 Å². The summed E-state index contributed by atoms with van der Waals surface area (Å²) in [6.07, 6.45) is 5.88. The lowest BCUT2D eigenvalue weighted by Gasteiger charge is -2.32. The number of halogens is 2. The van der Waals surface area contributed by atoms with Crippen LogP contribution in [0.4, 0.5) is 10.2 Å². The lowest BCUT2D eigenvalue weighted by Crippen LogP contribution is -2.35. The number of rotatable bonds is 2. The smallest absolute Gasteiger partial charge is 0.139 e. The second-order valence-electron chi connectivity index (χ2n) is 5.89. The summed E-state index contributed by atoms with van der Waals surface area (Å²) < 4.78 is 14.2. The normalized spacial score (nSPS) is 18.5. The average Bonchev–Trinajstić information content (AvgIpc) is 3.10. The van der Waals surface area contributed by atoms with Gasteiger partial charge in [0.25, 0.3) is 0 Å². The molecule has 0 aliphatic carbocycles. The molecule has 6 heteroatoms. The SMILES string of the molecule is Fc1cc2nc(N3CCCC(c4ncc[nH]4)C3)ccc2cc1Br. The minimum atomic E-state index is -0.283. The van der Waals surface area contributed by atoms with Crippen LogP contribution in [0.3, 0.4) is 0 Å². The highest BCUT2D eigenvalue weighted by Crippen LogP contribution is 2.29. The first-order valence-corrected chi connectivity index (χ1v) is 8.50. The predicted octanol–water partition coefficient (Wildman–Crippen LogP) is 4.24. The fourth-order valence-electron chi connectivity index (χ4n) is 3.19. The molecule has 23 heavy (non-hydrogen) atoms. The molecule has 3 aromatic rings. The Balaban J connectivity index is 1.64. The zero-order valence-corrected chi connectivity index (χ0v) is 14.1. The van der Waals surface area contributed by atoms with E-state index in [0.717, 1.165) is 43.0 Å². The van der Waals surface area contributed by atoms with Gasteiger partial charge in [0.05, 0.1) is 9.99 Å². The van der Waals surface area contributed by atoms with Gasteiger partial charge in [-0.25, -0.2) is 14.4 Å². The second kappa shape index (κ2) is 5.92. The zero-order valence-electron chi connectivity index (χ0n) is 12.5. The summed E-state index contributed by atoms with van der Waals surface area (Å²) in [5, 5.41) is 0.932. The van der Waals surface area contributed by atoms with E-state index in [1.165, 1.54) is 6.07 Å². The van der Waals surface area contributed by atoms with E-state index in [-0.39, 0.29) is 5.82 Å². The Morgan fingerprint density at radius 1 is 1.30 bits per heavy atom. The van der Waals surface area contributed by atoms with E-state index in [9.17, 15) is 4.39 Å². The third-order valence-electron chi connectivity index (χ3n) is 4.37. The molecule has 4 rings (SSSR count). The maximum absolute atomic E-state index is 13.8. The summed E-state index contributed by atoms with van der Waals surface area (Å²) in [6, 6.07) is 7.26. The van der Waals surface area contributed by atoms with Gasteiger partial charge in [0.1, 0.15) is 17.5 Å². The molecule has 0 saturated carbocycles. The van der Waals surface area contributed by atoms with Gasteiger partial charge in [0.15, 0.2) is 0 Å². The molecule has 2 aromatic heterocycles. The molecule has 0 amide bonds. The van der Waals surface area contributed by atoms with E-state index < -0.39 is 0 Å². The fourth-order valence-corrected chi connectivity index (χ4v) is 3.55. The van der Waals surface area contributed by atoms with Gasteiger partial charge in [-0.1, -0.05) is 0 Å². The number of benzene rings is 1. The lowest BCUT2D eigenvalue weighted by atomic mass is 9.97. The van der Waals surface area contributed by atoms with Gasteiger partial charge in [-0.2, -0.15) is 0 Å². The summed E-state index contributed by atoms with van der Waals surface area (Å²) in [7, 11) is 0. The Kier molecular flexibility index (Phi) is 3.77. The number of piperidine rings is 1. The van der Waals surface area contributed by atoms with E-state index in [1.54, 1.807) is 12.3 Å². The van der Waals surface area contributed by atoms with Crippen molar-refractivity contribution in [1.29, 1.82) is 0 Å². The van der Waals surface area contributed by atoms with Crippen LogP contribution in [0.15, 0.2) is 41.1 Å². The number of imidazole rings is 1. The molecule has 3 heterocycles. The van der Waals surface area contributed by atoms with Gasteiger partial charge in [0, 0.05) is 42.9 Å². The number of fused-ring (bicyclic) bond motifs is 1. The molecule has 0 bridgehead atoms. The molecular formula is C17H16BrFN4. The average molecular weight is 375 g/mol.